The molecule has 1 aromatic carbocycles. The quantitative estimate of drug-likeness (QED) is 0.834. The van der Waals surface area contributed by atoms with E-state index >= 15 is 0 Å². The molecule has 1 aliphatic heterocycles. The van der Waals surface area contributed by atoms with Crippen LogP contribution in [0.3, 0.4) is 0 Å². The van der Waals surface area contributed by atoms with Gasteiger partial charge >= 0.3 is 0 Å². The second-order valence-corrected chi connectivity index (χ2v) is 4.91. The van der Waals surface area contributed by atoms with E-state index in [1.54, 1.807) is 11.9 Å². The van der Waals surface area contributed by atoms with Crippen molar-refractivity contribution in [2.75, 3.05) is 13.6 Å². The molecule has 2 rings (SSSR count). The Kier molecular flexibility index (Phi) is 4.20. The van der Waals surface area contributed by atoms with Crippen molar-refractivity contribution in [2.24, 2.45) is 5.16 Å². The molecule has 1 amide bonds. The molecule has 0 bridgehead atoms. The summed E-state index contributed by atoms with van der Waals surface area (Å²) < 4.78 is 0. The highest BCUT2D eigenvalue weighted by Crippen LogP contribution is 2.19. The van der Waals surface area contributed by atoms with E-state index in [0.29, 0.717) is 13.0 Å². The lowest BCUT2D eigenvalue weighted by Gasteiger charge is -2.19. The number of hydrogen-bond donors (Lipinski definition) is 0. The van der Waals surface area contributed by atoms with E-state index in [9.17, 15) is 4.79 Å². The number of amides is 1. The lowest BCUT2D eigenvalue weighted by molar-refractivity contribution is -0.131. The summed E-state index contributed by atoms with van der Waals surface area (Å²) in [5, 5.41) is 4.17. The van der Waals surface area contributed by atoms with Crippen LogP contribution < -0.4 is 0 Å². The Morgan fingerprint density at radius 2 is 2.21 bits per heavy atom. The van der Waals surface area contributed by atoms with Gasteiger partial charge in [0.15, 0.2) is 6.10 Å². The van der Waals surface area contributed by atoms with Gasteiger partial charge in [0.25, 0.3) is 0 Å². The van der Waals surface area contributed by atoms with Crippen LogP contribution in [0.2, 0.25) is 0 Å². The molecule has 1 atom stereocenters. The zero-order valence-electron chi connectivity index (χ0n) is 11.7. The van der Waals surface area contributed by atoms with Crippen LogP contribution in [0.25, 0.3) is 0 Å². The van der Waals surface area contributed by atoms with Gasteiger partial charge in [-0.2, -0.15) is 0 Å². The molecule has 4 nitrogen and oxygen atoms in total. The Bertz CT molecular complexity index is 497. The number of hydrogen-bond acceptors (Lipinski definition) is 3. The number of nitrogens with zero attached hydrogens (tertiary/aromatic N) is 2. The van der Waals surface area contributed by atoms with Crippen molar-refractivity contribution < 1.29 is 9.63 Å². The molecule has 0 unspecified atom stereocenters. The summed E-state index contributed by atoms with van der Waals surface area (Å²) in [5.74, 6) is 0.132. The Morgan fingerprint density at radius 3 is 2.89 bits per heavy atom. The average molecular weight is 260 g/mol. The predicted octanol–water partition coefficient (Wildman–Crippen LogP) is 2.36. The molecule has 0 saturated heterocycles. The van der Waals surface area contributed by atoms with E-state index in [1.807, 2.05) is 19.1 Å². The fourth-order valence-corrected chi connectivity index (χ4v) is 2.26. The van der Waals surface area contributed by atoms with E-state index in [1.165, 1.54) is 5.56 Å². The molecule has 0 radical (unpaired) electrons. The SMILES string of the molecule is CCC(=O)N(C)C[C@@H]1CC(c2ccccc2C)=NO1. The fraction of sp³-hybridized carbons (Fsp3) is 0.467. The first-order chi connectivity index (χ1) is 9.11. The summed E-state index contributed by atoms with van der Waals surface area (Å²) in [6, 6.07) is 8.14. The number of carbonyl (C=O) groups excluding carboxylic acids is 1. The highest BCUT2D eigenvalue weighted by Gasteiger charge is 2.25. The molecule has 0 spiro atoms. The maximum Gasteiger partial charge on any atom is 0.222 e. The zero-order chi connectivity index (χ0) is 13.8. The second-order valence-electron chi connectivity index (χ2n) is 4.91. The van der Waals surface area contributed by atoms with Crippen molar-refractivity contribution in [2.45, 2.75) is 32.8 Å². The summed E-state index contributed by atoms with van der Waals surface area (Å²) in [4.78, 5) is 18.7. The van der Waals surface area contributed by atoms with Gasteiger partial charge in [0, 0.05) is 25.5 Å². The zero-order valence-corrected chi connectivity index (χ0v) is 11.7. The molecule has 1 heterocycles. The first-order valence-corrected chi connectivity index (χ1v) is 6.64. The lowest BCUT2D eigenvalue weighted by atomic mass is 10.0. The number of likely N-dealkylation sites (N-methyl/N-ethyl adjacent to an activating group) is 1. The van der Waals surface area contributed by atoms with Gasteiger partial charge in [-0.3, -0.25) is 4.79 Å². The Hall–Kier alpha value is -1.84. The summed E-state index contributed by atoms with van der Waals surface area (Å²) in [7, 11) is 1.81. The number of aryl methyl sites for hydroxylation is 1. The molecule has 0 fully saturated rings. The van der Waals surface area contributed by atoms with Gasteiger partial charge in [0.05, 0.1) is 12.3 Å². The van der Waals surface area contributed by atoms with Gasteiger partial charge in [-0.15, -0.1) is 0 Å². The van der Waals surface area contributed by atoms with Crippen LogP contribution in [0.1, 0.15) is 30.9 Å². The minimum Gasteiger partial charge on any atom is -0.390 e. The Labute approximate surface area is 114 Å². The van der Waals surface area contributed by atoms with Crippen LogP contribution in [0.5, 0.6) is 0 Å². The van der Waals surface area contributed by atoms with E-state index in [2.05, 4.69) is 24.2 Å². The molecule has 0 aromatic heterocycles. The van der Waals surface area contributed by atoms with Crippen molar-refractivity contribution in [1.82, 2.24) is 4.90 Å². The highest BCUT2D eigenvalue weighted by molar-refractivity contribution is 6.02. The Balaban J connectivity index is 1.96. The summed E-state index contributed by atoms with van der Waals surface area (Å²) in [6.45, 7) is 4.52. The smallest absolute Gasteiger partial charge is 0.222 e. The fourth-order valence-electron chi connectivity index (χ4n) is 2.26. The first kappa shape index (κ1) is 13.6. The Morgan fingerprint density at radius 1 is 1.47 bits per heavy atom. The third-order valence-corrected chi connectivity index (χ3v) is 3.39. The normalized spacial score (nSPS) is 17.8. The lowest BCUT2D eigenvalue weighted by Crippen LogP contribution is -2.34. The van der Waals surface area contributed by atoms with Crippen LogP contribution in [0, 0.1) is 6.92 Å². The van der Waals surface area contributed by atoms with Gasteiger partial charge in [0.1, 0.15) is 0 Å². The molecule has 0 N–H and O–H groups in total. The molecule has 0 saturated carbocycles. The molecule has 102 valence electrons. The minimum atomic E-state index is -0.0323. The van der Waals surface area contributed by atoms with Crippen molar-refractivity contribution in [3.8, 4) is 0 Å². The molecule has 0 aliphatic carbocycles. The van der Waals surface area contributed by atoms with Crippen molar-refractivity contribution in [3.05, 3.63) is 35.4 Å². The van der Waals surface area contributed by atoms with Crippen LogP contribution in [0.15, 0.2) is 29.4 Å². The number of benzene rings is 1. The van der Waals surface area contributed by atoms with Crippen LogP contribution in [-0.2, 0) is 9.63 Å². The molecule has 4 heteroatoms. The molecular weight excluding hydrogens is 240 g/mol. The number of carbonyl (C=O) groups is 1. The van der Waals surface area contributed by atoms with Gasteiger partial charge < -0.3 is 9.74 Å². The standard InChI is InChI=1S/C15H20N2O2/c1-4-15(18)17(3)10-12-9-14(16-19-12)13-8-6-5-7-11(13)2/h5-8,12H,4,9-10H2,1-3H3/t12-/m0/s1. The largest absolute Gasteiger partial charge is 0.390 e. The summed E-state index contributed by atoms with van der Waals surface area (Å²) in [5.41, 5.74) is 3.30. The van der Waals surface area contributed by atoms with E-state index in [-0.39, 0.29) is 12.0 Å². The summed E-state index contributed by atoms with van der Waals surface area (Å²) in [6.07, 6.45) is 1.25. The van der Waals surface area contributed by atoms with E-state index in [0.717, 1.165) is 17.7 Å². The van der Waals surface area contributed by atoms with E-state index < -0.39 is 0 Å². The molecular formula is C15H20N2O2. The average Bonchev–Trinajstić information content (AvgIpc) is 2.86. The second kappa shape index (κ2) is 5.87. The monoisotopic (exact) mass is 260 g/mol. The molecule has 19 heavy (non-hydrogen) atoms. The van der Waals surface area contributed by atoms with Gasteiger partial charge in [-0.1, -0.05) is 36.3 Å². The molecule has 1 aromatic rings. The third-order valence-electron chi connectivity index (χ3n) is 3.39. The maximum absolute atomic E-state index is 11.5. The third kappa shape index (κ3) is 3.13. The van der Waals surface area contributed by atoms with Crippen molar-refractivity contribution in [3.63, 3.8) is 0 Å². The molecule has 1 aliphatic rings. The number of oxime groups is 1. The van der Waals surface area contributed by atoms with E-state index in [4.69, 9.17) is 4.84 Å². The van der Waals surface area contributed by atoms with Crippen LogP contribution in [0.4, 0.5) is 0 Å². The van der Waals surface area contributed by atoms with Gasteiger partial charge in [0.2, 0.25) is 5.91 Å². The van der Waals surface area contributed by atoms with Gasteiger partial charge in [-0.05, 0) is 12.5 Å². The topological polar surface area (TPSA) is 41.9 Å². The minimum absolute atomic E-state index is 0.0323. The summed E-state index contributed by atoms with van der Waals surface area (Å²) >= 11 is 0. The van der Waals surface area contributed by atoms with Crippen molar-refractivity contribution >= 4 is 11.6 Å². The number of rotatable bonds is 4. The first-order valence-electron chi connectivity index (χ1n) is 6.64. The van der Waals surface area contributed by atoms with Crippen LogP contribution >= 0.6 is 0 Å². The van der Waals surface area contributed by atoms with Crippen LogP contribution in [-0.4, -0.2) is 36.2 Å². The highest BCUT2D eigenvalue weighted by atomic mass is 16.6. The van der Waals surface area contributed by atoms with Crippen molar-refractivity contribution in [1.29, 1.82) is 0 Å². The predicted molar refractivity (Wildman–Crippen MR) is 75.1 cm³/mol. The maximum atomic E-state index is 11.5. The van der Waals surface area contributed by atoms with Gasteiger partial charge in [-0.25, -0.2) is 0 Å².